The van der Waals surface area contributed by atoms with Gasteiger partial charge in [0.25, 0.3) is 0 Å². The molecule has 1 heteroatoms. The fourth-order valence-electron chi connectivity index (χ4n) is 4.92. The Morgan fingerprint density at radius 3 is 2.25 bits per heavy atom. The van der Waals surface area contributed by atoms with Gasteiger partial charge >= 0.3 is 0 Å². The zero-order valence-corrected chi connectivity index (χ0v) is 18.2. The van der Waals surface area contributed by atoms with E-state index >= 15 is 0 Å². The summed E-state index contributed by atoms with van der Waals surface area (Å²) >= 11 is 0. The second-order valence-electron chi connectivity index (χ2n) is 8.77. The van der Waals surface area contributed by atoms with Crippen molar-refractivity contribution in [3.8, 4) is 0 Å². The van der Waals surface area contributed by atoms with Gasteiger partial charge in [0.15, 0.2) is 0 Å². The number of hydrogen-bond donors (Lipinski definition) is 0. The fourth-order valence-corrected chi connectivity index (χ4v) is 4.92. The van der Waals surface area contributed by atoms with E-state index in [1.807, 2.05) is 0 Å². The second kappa shape index (κ2) is 11.4. The molecule has 0 radical (unpaired) electrons. The number of hydrogen-bond acceptors (Lipinski definition) is 1. The molecule has 152 valence electrons. The maximum Gasteiger partial charge on any atom is 0.0472 e. The Morgan fingerprint density at radius 1 is 0.857 bits per heavy atom. The number of nitrogens with zero attached hydrogens (tertiary/aromatic N) is 1. The third kappa shape index (κ3) is 6.19. The summed E-state index contributed by atoms with van der Waals surface area (Å²) in [6, 6.07) is 12.9. The van der Waals surface area contributed by atoms with E-state index < -0.39 is 0 Å². The van der Waals surface area contributed by atoms with Crippen LogP contribution in [0.3, 0.4) is 0 Å². The Balaban J connectivity index is 0.000000211. The highest BCUT2D eigenvalue weighted by Crippen LogP contribution is 2.35. The average Bonchev–Trinajstić information content (AvgIpc) is 3.12. The van der Waals surface area contributed by atoms with E-state index in [2.05, 4.69) is 50.2 Å². The molecule has 1 saturated carbocycles. The van der Waals surface area contributed by atoms with Crippen molar-refractivity contribution in [2.24, 2.45) is 0 Å². The molecule has 0 atom stereocenters. The highest BCUT2D eigenvalue weighted by atomic mass is 14.7. The van der Waals surface area contributed by atoms with Crippen molar-refractivity contribution in [2.45, 2.75) is 103 Å². The van der Waals surface area contributed by atoms with Crippen LogP contribution in [-0.2, 0) is 19.3 Å². The first-order valence-electron chi connectivity index (χ1n) is 11.8. The van der Waals surface area contributed by atoms with E-state index in [0.717, 1.165) is 5.92 Å². The molecule has 2 aliphatic carbocycles. The van der Waals surface area contributed by atoms with E-state index in [1.165, 1.54) is 100 Å². The second-order valence-corrected chi connectivity index (χ2v) is 8.77. The smallest absolute Gasteiger partial charge is 0.0472 e. The number of pyridine rings is 1. The molecule has 1 nitrogen and oxygen atoms in total. The lowest BCUT2D eigenvalue weighted by atomic mass is 9.88. The minimum Gasteiger partial charge on any atom is -0.258 e. The first-order valence-corrected chi connectivity index (χ1v) is 11.8. The summed E-state index contributed by atoms with van der Waals surface area (Å²) in [5, 5.41) is 0. The Bertz CT molecular complexity index is 696. The molecule has 0 spiro atoms. The van der Waals surface area contributed by atoms with Crippen LogP contribution in [0.4, 0.5) is 0 Å². The van der Waals surface area contributed by atoms with Crippen LogP contribution in [-0.4, -0.2) is 4.98 Å². The molecule has 0 N–H and O–H groups in total. The van der Waals surface area contributed by atoms with Crippen LogP contribution in [0.1, 0.15) is 105 Å². The van der Waals surface area contributed by atoms with Crippen LogP contribution >= 0.6 is 0 Å². The van der Waals surface area contributed by atoms with Crippen molar-refractivity contribution in [3.05, 3.63) is 64.5 Å². The molecule has 1 fully saturated rings. The number of fused-ring (bicyclic) bond motifs is 1. The topological polar surface area (TPSA) is 12.9 Å². The van der Waals surface area contributed by atoms with E-state index in [1.54, 1.807) is 11.1 Å². The largest absolute Gasteiger partial charge is 0.258 e. The lowest BCUT2D eigenvalue weighted by molar-refractivity contribution is 0.568. The highest BCUT2D eigenvalue weighted by molar-refractivity contribution is 5.36. The van der Waals surface area contributed by atoms with Crippen LogP contribution in [0.15, 0.2) is 36.4 Å². The summed E-state index contributed by atoms with van der Waals surface area (Å²) in [6.07, 6.45) is 17.6. The molecule has 0 aliphatic heterocycles. The maximum absolute atomic E-state index is 4.99. The van der Waals surface area contributed by atoms with Gasteiger partial charge in [-0.05, 0) is 74.6 Å². The Labute approximate surface area is 173 Å². The van der Waals surface area contributed by atoms with Gasteiger partial charge in [0.2, 0.25) is 0 Å². The molecule has 1 aromatic carbocycles. The molecule has 0 bridgehead atoms. The monoisotopic (exact) mass is 377 g/mol. The van der Waals surface area contributed by atoms with E-state index in [9.17, 15) is 0 Å². The van der Waals surface area contributed by atoms with Crippen LogP contribution < -0.4 is 0 Å². The lowest BCUT2D eigenvalue weighted by Crippen LogP contribution is -2.09. The highest BCUT2D eigenvalue weighted by Gasteiger charge is 2.22. The molecule has 4 rings (SSSR count). The van der Waals surface area contributed by atoms with Gasteiger partial charge in [-0.3, -0.25) is 4.98 Å². The molecular formula is C27H39N. The average molecular weight is 378 g/mol. The summed E-state index contributed by atoms with van der Waals surface area (Å²) in [5.41, 5.74) is 7.47. The molecular weight excluding hydrogens is 338 g/mol. The van der Waals surface area contributed by atoms with Crippen molar-refractivity contribution < 1.29 is 0 Å². The van der Waals surface area contributed by atoms with Crippen molar-refractivity contribution in [1.82, 2.24) is 4.98 Å². The third-order valence-electron chi connectivity index (χ3n) is 6.37. The van der Waals surface area contributed by atoms with Crippen molar-refractivity contribution >= 4 is 0 Å². The first-order chi connectivity index (χ1) is 13.8. The van der Waals surface area contributed by atoms with E-state index in [0.29, 0.717) is 0 Å². The summed E-state index contributed by atoms with van der Waals surface area (Å²) in [7, 11) is 0. The maximum atomic E-state index is 4.99. The SMILES string of the molecule is CCCc1ccccc1.Cc1cc2c(c(C3CCCCCC3)n1)CCCCC2. The molecule has 0 unspecified atom stereocenters. The number of benzene rings is 1. The van der Waals surface area contributed by atoms with E-state index in [-0.39, 0.29) is 0 Å². The first kappa shape index (κ1) is 21.1. The predicted molar refractivity (Wildman–Crippen MR) is 121 cm³/mol. The van der Waals surface area contributed by atoms with Gasteiger partial charge in [-0.1, -0.05) is 75.8 Å². The molecule has 0 saturated heterocycles. The van der Waals surface area contributed by atoms with Crippen molar-refractivity contribution in [2.75, 3.05) is 0 Å². The van der Waals surface area contributed by atoms with Gasteiger partial charge in [0.1, 0.15) is 0 Å². The van der Waals surface area contributed by atoms with Crippen LogP contribution in [0.5, 0.6) is 0 Å². The molecule has 28 heavy (non-hydrogen) atoms. The molecule has 1 heterocycles. The zero-order valence-electron chi connectivity index (χ0n) is 18.2. The lowest BCUT2D eigenvalue weighted by Gasteiger charge is -2.20. The molecule has 1 aromatic heterocycles. The summed E-state index contributed by atoms with van der Waals surface area (Å²) < 4.78 is 0. The Hall–Kier alpha value is -1.63. The summed E-state index contributed by atoms with van der Waals surface area (Å²) in [4.78, 5) is 4.99. The summed E-state index contributed by atoms with van der Waals surface area (Å²) in [6.45, 7) is 4.39. The Morgan fingerprint density at radius 2 is 1.54 bits per heavy atom. The third-order valence-corrected chi connectivity index (χ3v) is 6.37. The van der Waals surface area contributed by atoms with E-state index in [4.69, 9.17) is 4.98 Å². The van der Waals surface area contributed by atoms with Crippen LogP contribution in [0, 0.1) is 6.92 Å². The van der Waals surface area contributed by atoms with Crippen LogP contribution in [0.2, 0.25) is 0 Å². The summed E-state index contributed by atoms with van der Waals surface area (Å²) in [5.74, 6) is 0.759. The van der Waals surface area contributed by atoms with Gasteiger partial charge in [-0.25, -0.2) is 0 Å². The van der Waals surface area contributed by atoms with Crippen molar-refractivity contribution in [3.63, 3.8) is 0 Å². The van der Waals surface area contributed by atoms with Gasteiger partial charge in [-0.15, -0.1) is 0 Å². The predicted octanol–water partition coefficient (Wildman–Crippen LogP) is 7.74. The minimum atomic E-state index is 0.759. The number of aromatic nitrogens is 1. The normalized spacial score (nSPS) is 17.6. The quantitative estimate of drug-likeness (QED) is 0.394. The number of aryl methyl sites for hydroxylation is 3. The zero-order chi connectivity index (χ0) is 19.6. The minimum absolute atomic E-state index is 0.759. The number of rotatable bonds is 3. The molecule has 0 amide bonds. The van der Waals surface area contributed by atoms with Gasteiger partial charge in [-0.2, -0.15) is 0 Å². The van der Waals surface area contributed by atoms with Crippen molar-refractivity contribution in [1.29, 1.82) is 0 Å². The molecule has 2 aliphatic rings. The molecule has 2 aromatic rings. The van der Waals surface area contributed by atoms with Crippen LogP contribution in [0.25, 0.3) is 0 Å². The van der Waals surface area contributed by atoms with Gasteiger partial charge in [0, 0.05) is 17.3 Å². The van der Waals surface area contributed by atoms with Gasteiger partial charge in [0.05, 0.1) is 0 Å². The van der Waals surface area contributed by atoms with Gasteiger partial charge < -0.3 is 0 Å². The Kier molecular flexibility index (Phi) is 8.58. The standard InChI is InChI=1S/C18H27N.C9H12/c1-14-13-16-11-7-4-8-12-17(16)18(19-14)15-9-5-2-3-6-10-15;1-2-6-9-7-4-3-5-8-9/h13,15H,2-12H2,1H3;3-5,7-8H,2,6H2,1H3. The fraction of sp³-hybridized carbons (Fsp3) is 0.593.